The molecule has 2 atom stereocenters. The van der Waals surface area contributed by atoms with E-state index in [9.17, 15) is 5.21 Å². The smallest absolute Gasteiger partial charge is 0.125 e. The van der Waals surface area contributed by atoms with Crippen molar-refractivity contribution in [3.63, 3.8) is 0 Å². The van der Waals surface area contributed by atoms with Gasteiger partial charge < -0.3 is 15.0 Å². The molecule has 0 fully saturated rings. The number of rotatable bonds is 6. The maximum absolute atomic E-state index is 13.2. The van der Waals surface area contributed by atoms with Crippen LogP contribution in [-0.2, 0) is 4.87 Å². The zero-order valence-corrected chi connectivity index (χ0v) is 18.0. The molecule has 2 aromatic carbocycles. The molecule has 0 bridgehead atoms. The molecule has 2 aromatic rings. The van der Waals surface area contributed by atoms with Gasteiger partial charge in [-0.15, -0.1) is 0 Å². The van der Waals surface area contributed by atoms with E-state index in [-0.39, 0.29) is 6.04 Å². The molecule has 1 aliphatic rings. The van der Waals surface area contributed by atoms with Crippen molar-refractivity contribution in [2.24, 2.45) is 0 Å². The molecule has 0 N–H and O–H groups in total. The van der Waals surface area contributed by atoms with Crippen molar-refractivity contribution >= 4 is 39.3 Å². The summed E-state index contributed by atoms with van der Waals surface area (Å²) in [6.45, 7) is 4.52. The molecule has 0 amide bonds. The van der Waals surface area contributed by atoms with Crippen molar-refractivity contribution in [1.82, 2.24) is 5.06 Å². The number of thioether (sulfide) groups is 1. The molecule has 3 nitrogen and oxygen atoms in total. The van der Waals surface area contributed by atoms with Crippen molar-refractivity contribution in [2.45, 2.75) is 42.5 Å². The molecule has 0 saturated carbocycles. The highest BCUT2D eigenvalue weighted by molar-refractivity contribution is 9.09. The summed E-state index contributed by atoms with van der Waals surface area (Å²) in [5.74, 6) is 0.728. The first-order chi connectivity index (χ1) is 12.5. The van der Waals surface area contributed by atoms with Crippen LogP contribution in [0.5, 0.6) is 5.75 Å². The number of hydroxylamine groups is 2. The van der Waals surface area contributed by atoms with Gasteiger partial charge >= 0.3 is 0 Å². The van der Waals surface area contributed by atoms with Crippen molar-refractivity contribution in [3.8, 4) is 5.75 Å². The Labute approximate surface area is 172 Å². The minimum atomic E-state index is -0.802. The molecule has 1 aliphatic heterocycles. The van der Waals surface area contributed by atoms with E-state index in [0.717, 1.165) is 45.0 Å². The number of hydrogen-bond acceptors (Lipinski definition) is 4. The first kappa shape index (κ1) is 20.0. The Bertz CT molecular complexity index is 775. The lowest BCUT2D eigenvalue weighted by atomic mass is 10.0. The first-order valence-electron chi connectivity index (χ1n) is 8.70. The van der Waals surface area contributed by atoms with Crippen LogP contribution in [0.4, 0.5) is 0 Å². The molecule has 26 heavy (non-hydrogen) atoms. The Morgan fingerprint density at radius 1 is 1.27 bits per heavy atom. The van der Waals surface area contributed by atoms with E-state index in [1.165, 1.54) is 0 Å². The van der Waals surface area contributed by atoms with Gasteiger partial charge in [-0.2, -0.15) is 0 Å². The summed E-state index contributed by atoms with van der Waals surface area (Å²) in [5, 5.41) is 16.0. The first-order valence-corrected chi connectivity index (χ1v) is 11.0. The van der Waals surface area contributed by atoms with E-state index >= 15 is 0 Å². The lowest BCUT2D eigenvalue weighted by Gasteiger charge is -2.53. The molecule has 0 saturated heterocycles. The summed E-state index contributed by atoms with van der Waals surface area (Å²) in [5.41, 5.74) is 1.89. The molecule has 3 rings (SSSR count). The molecule has 2 unspecified atom stereocenters. The van der Waals surface area contributed by atoms with Crippen LogP contribution in [0.1, 0.15) is 43.9 Å². The number of hydrogen-bond donors (Lipinski definition) is 0. The standard InChI is InChI=1S/C20H22BrClNO2S/c1-14-16-7-3-4-8-19(16)26-20(2,23(14)24)17-13-15(22)9-10-18(17)25-12-6-5-11-21/h3-4,7-10,13-14H,5-6,11-12H2,1-2H3/q-1. The fraction of sp³-hybridized carbons (Fsp3) is 0.400. The number of ether oxygens (including phenoxy) is 1. The molecular formula is C20H22BrClNO2S-. The van der Waals surface area contributed by atoms with Crippen LogP contribution in [0, 0.1) is 5.21 Å². The van der Waals surface area contributed by atoms with E-state index in [4.69, 9.17) is 16.3 Å². The van der Waals surface area contributed by atoms with Crippen LogP contribution >= 0.6 is 39.3 Å². The van der Waals surface area contributed by atoms with E-state index in [0.29, 0.717) is 11.6 Å². The van der Waals surface area contributed by atoms with Gasteiger partial charge in [-0.25, -0.2) is 0 Å². The average molecular weight is 456 g/mol. The van der Waals surface area contributed by atoms with Crippen LogP contribution in [0.2, 0.25) is 5.02 Å². The predicted octanol–water partition coefficient (Wildman–Crippen LogP) is 6.73. The van der Waals surface area contributed by atoms with E-state index in [2.05, 4.69) is 22.0 Å². The molecule has 0 aliphatic carbocycles. The second kappa shape index (κ2) is 8.53. The normalized spacial score (nSPS) is 22.9. The van der Waals surface area contributed by atoms with Crippen molar-refractivity contribution < 1.29 is 4.74 Å². The maximum Gasteiger partial charge on any atom is 0.125 e. The second-order valence-electron chi connectivity index (χ2n) is 6.51. The fourth-order valence-electron chi connectivity index (χ4n) is 3.22. The van der Waals surface area contributed by atoms with Crippen LogP contribution in [0.15, 0.2) is 47.4 Å². The number of fused-ring (bicyclic) bond motifs is 1. The average Bonchev–Trinajstić information content (AvgIpc) is 2.64. The van der Waals surface area contributed by atoms with Crippen LogP contribution in [-0.4, -0.2) is 17.0 Å². The van der Waals surface area contributed by atoms with Gasteiger partial charge in [0.05, 0.1) is 11.5 Å². The predicted molar refractivity (Wildman–Crippen MR) is 113 cm³/mol. The zero-order valence-electron chi connectivity index (χ0n) is 14.9. The van der Waals surface area contributed by atoms with Gasteiger partial charge in [0.1, 0.15) is 5.75 Å². The summed E-state index contributed by atoms with van der Waals surface area (Å²) < 4.78 is 6.03. The Morgan fingerprint density at radius 3 is 2.81 bits per heavy atom. The Morgan fingerprint density at radius 2 is 2.04 bits per heavy atom. The van der Waals surface area contributed by atoms with Crippen molar-refractivity contribution in [1.29, 1.82) is 0 Å². The van der Waals surface area contributed by atoms with Crippen LogP contribution < -0.4 is 4.74 Å². The summed E-state index contributed by atoms with van der Waals surface area (Å²) in [7, 11) is 0. The van der Waals surface area contributed by atoms with E-state index in [1.807, 2.05) is 50.2 Å². The van der Waals surface area contributed by atoms with Gasteiger partial charge in [0.2, 0.25) is 0 Å². The van der Waals surface area contributed by atoms with Gasteiger partial charge in [0, 0.05) is 26.9 Å². The number of benzene rings is 2. The largest absolute Gasteiger partial charge is 0.784 e. The zero-order chi connectivity index (χ0) is 18.7. The van der Waals surface area contributed by atoms with Crippen LogP contribution in [0.25, 0.3) is 0 Å². The highest BCUT2D eigenvalue weighted by Gasteiger charge is 2.39. The molecule has 0 aromatic heterocycles. The number of alkyl halides is 1. The third kappa shape index (κ3) is 3.92. The Kier molecular flexibility index (Phi) is 6.57. The Hall–Kier alpha value is -0.720. The van der Waals surface area contributed by atoms with Crippen LogP contribution in [0.3, 0.4) is 0 Å². The lowest BCUT2D eigenvalue weighted by molar-refractivity contribution is 0.188. The minimum absolute atomic E-state index is 0.238. The fourth-order valence-corrected chi connectivity index (χ4v) is 5.23. The summed E-state index contributed by atoms with van der Waals surface area (Å²) in [4.78, 5) is 0.323. The van der Waals surface area contributed by atoms with Crippen molar-refractivity contribution in [2.75, 3.05) is 11.9 Å². The third-order valence-corrected chi connectivity index (χ3v) is 6.86. The molecule has 6 heteroatoms. The minimum Gasteiger partial charge on any atom is -0.784 e. The SMILES string of the molecule is CC1c2ccccc2SC(C)(c2cc(Cl)ccc2OCCCCBr)N1[O-]. The van der Waals surface area contributed by atoms with Crippen molar-refractivity contribution in [3.05, 3.63) is 63.8 Å². The van der Waals surface area contributed by atoms with Gasteiger partial charge in [-0.05, 0) is 56.5 Å². The monoisotopic (exact) mass is 454 g/mol. The maximum atomic E-state index is 13.2. The van der Waals surface area contributed by atoms with Gasteiger partial charge in [0.15, 0.2) is 0 Å². The number of nitrogens with zero attached hydrogens (tertiary/aromatic N) is 1. The van der Waals surface area contributed by atoms with Gasteiger partial charge in [-0.1, -0.05) is 57.5 Å². The number of halogens is 2. The quantitative estimate of drug-likeness (QED) is 0.357. The highest BCUT2D eigenvalue weighted by Crippen LogP contribution is 2.55. The second-order valence-corrected chi connectivity index (χ2v) is 9.18. The Balaban J connectivity index is 1.97. The van der Waals surface area contributed by atoms with Gasteiger partial charge in [-0.3, -0.25) is 0 Å². The van der Waals surface area contributed by atoms with E-state index < -0.39 is 4.87 Å². The third-order valence-electron chi connectivity index (χ3n) is 4.68. The molecule has 1 heterocycles. The topological polar surface area (TPSA) is 35.5 Å². The molecule has 0 spiro atoms. The summed E-state index contributed by atoms with van der Waals surface area (Å²) >= 11 is 11.3. The van der Waals surface area contributed by atoms with E-state index in [1.54, 1.807) is 11.8 Å². The molecular weight excluding hydrogens is 434 g/mol. The molecule has 140 valence electrons. The van der Waals surface area contributed by atoms with Gasteiger partial charge in [0.25, 0.3) is 0 Å². The molecule has 0 radical (unpaired) electrons. The summed E-state index contributed by atoms with van der Waals surface area (Å²) in [6.07, 6.45) is 2.00. The lowest BCUT2D eigenvalue weighted by Crippen LogP contribution is -2.42. The number of unbranched alkanes of at least 4 members (excludes halogenated alkanes) is 1. The summed E-state index contributed by atoms with van der Waals surface area (Å²) in [6, 6.07) is 13.4. The highest BCUT2D eigenvalue weighted by atomic mass is 79.9.